The number of likely N-dealkylation sites (tertiary alicyclic amines) is 1. The molecule has 3 amide bonds. The molecule has 3 atom stereocenters. The van der Waals surface area contributed by atoms with E-state index in [4.69, 9.17) is 9.47 Å². The highest BCUT2D eigenvalue weighted by Crippen LogP contribution is 2.37. The number of nitrogens with one attached hydrogen (secondary N) is 1. The van der Waals surface area contributed by atoms with E-state index in [0.29, 0.717) is 12.1 Å². The van der Waals surface area contributed by atoms with Crippen LogP contribution in [0, 0.1) is 11.7 Å². The van der Waals surface area contributed by atoms with Crippen molar-refractivity contribution in [2.75, 3.05) is 18.4 Å². The standard InChI is InChI=1S/C22H21F3N4O4/c1-11-21(30)27-17-8-19(16(25)7-20(17)32-11)33-15-9-28(10-15)22(31)29-18(2-3-26-29)12-4-13(23)6-14(24)5-12/h3-4,6-8,11-12,15,18H,2,5,9-10H2,1H3,(H,27,30)/t11?,12?,18-/m0/s1. The molecule has 0 spiro atoms. The van der Waals surface area contributed by atoms with Crippen molar-refractivity contribution in [3.8, 4) is 11.5 Å². The smallest absolute Gasteiger partial charge is 0.340 e. The molecule has 11 heteroatoms. The molecule has 0 bridgehead atoms. The van der Waals surface area contributed by atoms with Crippen LogP contribution in [0.5, 0.6) is 11.5 Å². The van der Waals surface area contributed by atoms with Gasteiger partial charge in [0.2, 0.25) is 0 Å². The first kappa shape index (κ1) is 21.4. The van der Waals surface area contributed by atoms with Crippen LogP contribution in [-0.2, 0) is 4.79 Å². The molecule has 0 aromatic heterocycles. The second-order valence-corrected chi connectivity index (χ2v) is 8.41. The van der Waals surface area contributed by atoms with Gasteiger partial charge in [-0.2, -0.15) is 5.10 Å². The molecular formula is C22H21F3N4O4. The fourth-order valence-electron chi connectivity index (χ4n) is 4.26. The number of halogens is 3. The van der Waals surface area contributed by atoms with Crippen LogP contribution in [-0.4, -0.2) is 59.4 Å². The Morgan fingerprint density at radius 1 is 1.27 bits per heavy atom. The number of fused-ring (bicyclic) bond motifs is 1. The first-order valence-corrected chi connectivity index (χ1v) is 10.6. The number of allylic oxidation sites excluding steroid dienone is 3. The van der Waals surface area contributed by atoms with Gasteiger partial charge in [0.25, 0.3) is 5.91 Å². The number of amides is 3. The second-order valence-electron chi connectivity index (χ2n) is 8.41. The van der Waals surface area contributed by atoms with Crippen LogP contribution in [0.15, 0.2) is 41.0 Å². The van der Waals surface area contributed by atoms with Crippen LogP contribution in [0.4, 0.5) is 23.7 Å². The van der Waals surface area contributed by atoms with E-state index in [1.807, 2.05) is 0 Å². The molecule has 3 heterocycles. The summed E-state index contributed by atoms with van der Waals surface area (Å²) in [6.07, 6.45) is 2.93. The lowest BCUT2D eigenvalue weighted by Gasteiger charge is -2.41. The minimum absolute atomic E-state index is 0.00754. The number of rotatable bonds is 3. The van der Waals surface area contributed by atoms with E-state index in [0.717, 1.165) is 12.1 Å². The highest BCUT2D eigenvalue weighted by molar-refractivity contribution is 5.97. The fourth-order valence-corrected chi connectivity index (χ4v) is 4.26. The third-order valence-corrected chi connectivity index (χ3v) is 6.03. The second kappa shape index (κ2) is 8.13. The summed E-state index contributed by atoms with van der Waals surface area (Å²) in [4.78, 5) is 26.1. The number of hydrazone groups is 1. The summed E-state index contributed by atoms with van der Waals surface area (Å²) in [6.45, 7) is 1.94. The third-order valence-electron chi connectivity index (χ3n) is 6.03. The van der Waals surface area contributed by atoms with Crippen molar-refractivity contribution >= 4 is 23.8 Å². The van der Waals surface area contributed by atoms with Crippen molar-refractivity contribution in [1.82, 2.24) is 9.91 Å². The summed E-state index contributed by atoms with van der Waals surface area (Å²) in [5.74, 6) is -2.58. The number of nitrogens with zero attached hydrogens (tertiary/aromatic N) is 3. The Balaban J connectivity index is 1.20. The van der Waals surface area contributed by atoms with Crippen molar-refractivity contribution in [3.63, 3.8) is 0 Å². The zero-order valence-corrected chi connectivity index (χ0v) is 17.6. The van der Waals surface area contributed by atoms with Gasteiger partial charge >= 0.3 is 6.03 Å². The first-order valence-electron chi connectivity index (χ1n) is 10.6. The zero-order chi connectivity index (χ0) is 23.3. The molecule has 33 heavy (non-hydrogen) atoms. The van der Waals surface area contributed by atoms with E-state index in [1.54, 1.807) is 13.1 Å². The molecule has 1 fully saturated rings. The Hall–Kier alpha value is -3.50. The molecule has 1 aliphatic carbocycles. The van der Waals surface area contributed by atoms with E-state index in [2.05, 4.69) is 10.4 Å². The van der Waals surface area contributed by atoms with Gasteiger partial charge in [-0.1, -0.05) is 0 Å². The average Bonchev–Trinajstić information content (AvgIpc) is 3.21. The van der Waals surface area contributed by atoms with E-state index in [-0.39, 0.29) is 36.9 Å². The number of carbonyl (C=O) groups is 2. The quantitative estimate of drug-likeness (QED) is 0.745. The first-order chi connectivity index (χ1) is 15.8. The molecule has 1 aromatic rings. The van der Waals surface area contributed by atoms with E-state index in [1.165, 1.54) is 22.1 Å². The van der Waals surface area contributed by atoms with Crippen LogP contribution >= 0.6 is 0 Å². The Kier molecular flexibility index (Phi) is 5.26. The number of carbonyl (C=O) groups excluding carboxylic acids is 2. The molecule has 1 saturated heterocycles. The van der Waals surface area contributed by atoms with Crippen molar-refractivity contribution in [1.29, 1.82) is 0 Å². The van der Waals surface area contributed by atoms with Crippen molar-refractivity contribution in [2.24, 2.45) is 11.0 Å². The molecule has 3 aliphatic heterocycles. The third kappa shape index (κ3) is 4.03. The molecule has 4 aliphatic rings. The van der Waals surface area contributed by atoms with Gasteiger partial charge in [0.05, 0.1) is 24.8 Å². The summed E-state index contributed by atoms with van der Waals surface area (Å²) in [6, 6.07) is 1.62. The normalized spacial score (nSPS) is 26.7. The zero-order valence-electron chi connectivity index (χ0n) is 17.6. The Labute approximate surface area is 187 Å². The maximum atomic E-state index is 14.4. The van der Waals surface area contributed by atoms with Gasteiger partial charge in [-0.3, -0.25) is 4.79 Å². The van der Waals surface area contributed by atoms with Gasteiger partial charge in [0.1, 0.15) is 23.5 Å². The van der Waals surface area contributed by atoms with Gasteiger partial charge < -0.3 is 19.7 Å². The molecule has 1 N–H and O–H groups in total. The number of benzene rings is 1. The lowest BCUT2D eigenvalue weighted by molar-refractivity contribution is -0.122. The van der Waals surface area contributed by atoms with Gasteiger partial charge in [0.15, 0.2) is 17.7 Å². The summed E-state index contributed by atoms with van der Waals surface area (Å²) in [7, 11) is 0. The molecule has 1 aromatic carbocycles. The number of hydrogen-bond acceptors (Lipinski definition) is 5. The molecule has 0 radical (unpaired) electrons. The molecule has 0 saturated carbocycles. The van der Waals surface area contributed by atoms with E-state index >= 15 is 0 Å². The predicted molar refractivity (Wildman–Crippen MR) is 112 cm³/mol. The topological polar surface area (TPSA) is 83.5 Å². The van der Waals surface area contributed by atoms with Crippen molar-refractivity contribution < 1.29 is 32.2 Å². The summed E-state index contributed by atoms with van der Waals surface area (Å²) >= 11 is 0. The minimum Gasteiger partial charge on any atom is -0.484 e. The van der Waals surface area contributed by atoms with Crippen molar-refractivity contribution in [2.45, 2.75) is 38.0 Å². The van der Waals surface area contributed by atoms with Crippen molar-refractivity contribution in [3.05, 3.63) is 41.8 Å². The van der Waals surface area contributed by atoms with E-state index < -0.39 is 47.7 Å². The maximum Gasteiger partial charge on any atom is 0.340 e. The number of hydrogen-bond donors (Lipinski definition) is 1. The fraction of sp³-hybridized carbons (Fsp3) is 0.409. The highest BCUT2D eigenvalue weighted by atomic mass is 19.1. The molecule has 8 nitrogen and oxygen atoms in total. The minimum atomic E-state index is -0.722. The van der Waals surface area contributed by atoms with Crippen LogP contribution in [0.2, 0.25) is 0 Å². The summed E-state index contributed by atoms with van der Waals surface area (Å²) in [5.41, 5.74) is 0.310. The lowest BCUT2D eigenvalue weighted by atomic mass is 9.90. The van der Waals surface area contributed by atoms with Crippen LogP contribution in [0.25, 0.3) is 0 Å². The summed E-state index contributed by atoms with van der Waals surface area (Å²) in [5, 5.41) is 7.98. The lowest BCUT2D eigenvalue weighted by Crippen LogP contribution is -2.60. The number of anilines is 1. The SMILES string of the molecule is CC1Oc2cc(F)c(OC3CN(C(=O)N4N=CC[C@H]4C4C=C(F)C=C(F)C4)C3)cc2NC1=O. The molecule has 5 rings (SSSR count). The molecule has 174 valence electrons. The van der Waals surface area contributed by atoms with Gasteiger partial charge in [0, 0.05) is 43.2 Å². The molecular weight excluding hydrogens is 441 g/mol. The summed E-state index contributed by atoms with van der Waals surface area (Å²) < 4.78 is 52.8. The largest absolute Gasteiger partial charge is 0.484 e. The monoisotopic (exact) mass is 462 g/mol. The van der Waals surface area contributed by atoms with Crippen LogP contribution in [0.3, 0.4) is 0 Å². The van der Waals surface area contributed by atoms with Gasteiger partial charge in [-0.15, -0.1) is 0 Å². The van der Waals surface area contributed by atoms with Crippen LogP contribution in [0.1, 0.15) is 19.8 Å². The number of urea groups is 1. The average molecular weight is 462 g/mol. The van der Waals surface area contributed by atoms with E-state index in [9.17, 15) is 22.8 Å². The molecule has 2 unspecified atom stereocenters. The van der Waals surface area contributed by atoms with Crippen LogP contribution < -0.4 is 14.8 Å². The van der Waals surface area contributed by atoms with Gasteiger partial charge in [-0.25, -0.2) is 23.0 Å². The Morgan fingerprint density at radius 2 is 2.06 bits per heavy atom. The maximum absolute atomic E-state index is 14.4. The Bertz CT molecular complexity index is 1100. The Morgan fingerprint density at radius 3 is 2.82 bits per heavy atom. The predicted octanol–water partition coefficient (Wildman–Crippen LogP) is 3.51. The highest BCUT2D eigenvalue weighted by Gasteiger charge is 2.41. The van der Waals surface area contributed by atoms with Gasteiger partial charge in [-0.05, 0) is 13.0 Å². The number of ether oxygens (including phenoxy) is 2.